The molecule has 0 saturated heterocycles. The molecule has 3 heteroatoms. The Hall–Kier alpha value is -0.0500. The number of rotatable bonds is 4. The normalized spacial score (nSPS) is 26.0. The van der Waals surface area contributed by atoms with Crippen molar-refractivity contribution in [2.24, 2.45) is 5.92 Å². The molecule has 0 aromatic carbocycles. The molecule has 0 aliphatic heterocycles. The molecule has 0 heterocycles. The molecule has 1 rings (SSSR count). The molecule has 0 aromatic rings. The van der Waals surface area contributed by atoms with Crippen molar-refractivity contribution < 1.29 is 4.21 Å². The van der Waals surface area contributed by atoms with Crippen molar-refractivity contribution in [1.82, 2.24) is 0 Å². The van der Waals surface area contributed by atoms with Crippen LogP contribution in [0.15, 0.2) is 0 Å². The van der Waals surface area contributed by atoms with Gasteiger partial charge < -0.3 is 0 Å². The van der Waals surface area contributed by atoms with Gasteiger partial charge in [0, 0.05) is 20.7 Å². The average Bonchev–Trinajstić information content (AvgIpc) is 2.66. The maximum absolute atomic E-state index is 11.6. The van der Waals surface area contributed by atoms with Crippen LogP contribution in [0.25, 0.3) is 0 Å². The van der Waals surface area contributed by atoms with Gasteiger partial charge in [-0.05, 0) is 18.8 Å². The molecule has 1 aliphatic rings. The van der Waals surface area contributed by atoms with Gasteiger partial charge in [-0.2, -0.15) is 0 Å². The molecular formula is C8H17NOS. The van der Waals surface area contributed by atoms with Crippen LogP contribution in [0.4, 0.5) is 0 Å². The van der Waals surface area contributed by atoms with Gasteiger partial charge in [0.1, 0.15) is 0 Å². The first-order valence-corrected chi connectivity index (χ1v) is 6.10. The summed E-state index contributed by atoms with van der Waals surface area (Å²) < 4.78 is 19.2. The summed E-state index contributed by atoms with van der Waals surface area (Å²) in [5.41, 5.74) is 0. The molecule has 1 N–H and O–H groups in total. The largest absolute Gasteiger partial charge is 0.253 e. The molecule has 1 fully saturated rings. The monoisotopic (exact) mass is 175 g/mol. The van der Waals surface area contributed by atoms with E-state index in [0.29, 0.717) is 11.7 Å². The quantitative estimate of drug-likeness (QED) is 0.699. The fourth-order valence-electron chi connectivity index (χ4n) is 1.13. The van der Waals surface area contributed by atoms with Gasteiger partial charge in [-0.25, -0.2) is 4.21 Å². The van der Waals surface area contributed by atoms with Crippen molar-refractivity contribution in [3.8, 4) is 0 Å². The van der Waals surface area contributed by atoms with Gasteiger partial charge in [-0.15, -0.1) is 0 Å². The summed E-state index contributed by atoms with van der Waals surface area (Å²) in [5.74, 6) is 1.08. The smallest absolute Gasteiger partial charge is 0.0473 e. The Morgan fingerprint density at radius 2 is 2.18 bits per heavy atom. The number of hydrogen-bond acceptors (Lipinski definition) is 2. The molecule has 0 spiro atoms. The topological polar surface area (TPSA) is 40.9 Å². The minimum Gasteiger partial charge on any atom is -0.253 e. The van der Waals surface area contributed by atoms with Gasteiger partial charge in [0.25, 0.3) is 0 Å². The SMILES string of the molecule is CC[C@H](C)C[S@@](=N)(=O)C1CC1. The van der Waals surface area contributed by atoms with Gasteiger partial charge in [0.15, 0.2) is 0 Å². The van der Waals surface area contributed by atoms with Gasteiger partial charge in [0.05, 0.1) is 0 Å². The highest BCUT2D eigenvalue weighted by Gasteiger charge is 2.32. The Bertz CT molecular complexity index is 216. The molecule has 0 unspecified atom stereocenters. The predicted molar refractivity (Wildman–Crippen MR) is 48.2 cm³/mol. The van der Waals surface area contributed by atoms with E-state index in [-0.39, 0.29) is 5.25 Å². The average molecular weight is 175 g/mol. The second-order valence-electron chi connectivity index (χ2n) is 3.61. The van der Waals surface area contributed by atoms with Crippen LogP contribution in [0.3, 0.4) is 0 Å². The summed E-state index contributed by atoms with van der Waals surface area (Å²) in [4.78, 5) is 0. The Kier molecular flexibility index (Phi) is 2.58. The van der Waals surface area contributed by atoms with Gasteiger partial charge in [0.2, 0.25) is 0 Å². The van der Waals surface area contributed by atoms with E-state index in [1.165, 1.54) is 0 Å². The maximum Gasteiger partial charge on any atom is 0.0473 e. The highest BCUT2D eigenvalue weighted by Crippen LogP contribution is 2.30. The summed E-state index contributed by atoms with van der Waals surface area (Å²) in [6.45, 7) is 4.17. The van der Waals surface area contributed by atoms with E-state index in [2.05, 4.69) is 13.8 Å². The lowest BCUT2D eigenvalue weighted by Crippen LogP contribution is -2.15. The summed E-state index contributed by atoms with van der Waals surface area (Å²) in [5, 5.41) is 0.247. The van der Waals surface area contributed by atoms with Crippen LogP contribution in [0, 0.1) is 10.7 Å². The van der Waals surface area contributed by atoms with E-state index < -0.39 is 9.73 Å². The standard InChI is InChI=1S/C8H17NOS/c1-3-7(2)6-11(9,10)8-4-5-8/h7-9H,3-6H2,1-2H3/t7-,11+/m0/s1. The van der Waals surface area contributed by atoms with E-state index in [0.717, 1.165) is 19.3 Å². The van der Waals surface area contributed by atoms with Crippen LogP contribution in [0.1, 0.15) is 33.1 Å². The zero-order chi connectivity index (χ0) is 8.48. The molecule has 2 atom stereocenters. The highest BCUT2D eigenvalue weighted by atomic mass is 32.2. The lowest BCUT2D eigenvalue weighted by Gasteiger charge is -2.10. The van der Waals surface area contributed by atoms with E-state index >= 15 is 0 Å². The second kappa shape index (κ2) is 3.13. The molecule has 2 nitrogen and oxygen atoms in total. The first-order valence-electron chi connectivity index (χ1n) is 4.31. The minimum atomic E-state index is -2.20. The fraction of sp³-hybridized carbons (Fsp3) is 1.00. The van der Waals surface area contributed by atoms with Crippen molar-refractivity contribution >= 4 is 9.73 Å². The van der Waals surface area contributed by atoms with Crippen molar-refractivity contribution in [1.29, 1.82) is 4.78 Å². The summed E-state index contributed by atoms with van der Waals surface area (Å²) >= 11 is 0. The molecule has 0 radical (unpaired) electrons. The third kappa shape index (κ3) is 2.47. The first kappa shape index (κ1) is 9.04. The van der Waals surface area contributed by atoms with Crippen LogP contribution in [-0.2, 0) is 9.73 Å². The first-order chi connectivity index (χ1) is 5.06. The third-order valence-corrected chi connectivity index (χ3v) is 4.90. The van der Waals surface area contributed by atoms with Crippen LogP contribution in [0.2, 0.25) is 0 Å². The van der Waals surface area contributed by atoms with E-state index in [1.54, 1.807) is 0 Å². The Balaban J connectivity index is 2.46. The van der Waals surface area contributed by atoms with Crippen molar-refractivity contribution in [2.75, 3.05) is 5.75 Å². The fourth-order valence-corrected chi connectivity index (χ4v) is 3.38. The minimum absolute atomic E-state index is 0.247. The van der Waals surface area contributed by atoms with Gasteiger partial charge in [-0.1, -0.05) is 20.3 Å². The highest BCUT2D eigenvalue weighted by molar-refractivity contribution is 7.93. The second-order valence-corrected chi connectivity index (χ2v) is 6.06. The van der Waals surface area contributed by atoms with E-state index in [9.17, 15) is 4.21 Å². The Labute approximate surface area is 69.4 Å². The lowest BCUT2D eigenvalue weighted by molar-refractivity contribution is 0.609. The summed E-state index contributed by atoms with van der Waals surface area (Å²) in [6.07, 6.45) is 3.10. The number of hydrogen-bond donors (Lipinski definition) is 1. The number of nitrogens with one attached hydrogen (secondary N) is 1. The molecule has 66 valence electrons. The van der Waals surface area contributed by atoms with Crippen LogP contribution in [-0.4, -0.2) is 15.2 Å². The predicted octanol–water partition coefficient (Wildman–Crippen LogP) is 2.24. The molecule has 0 bridgehead atoms. The van der Waals surface area contributed by atoms with Crippen molar-refractivity contribution in [2.45, 2.75) is 38.4 Å². The molecule has 0 aromatic heterocycles. The molecule has 1 saturated carbocycles. The zero-order valence-corrected chi connectivity index (χ0v) is 8.12. The van der Waals surface area contributed by atoms with Crippen LogP contribution < -0.4 is 0 Å². The zero-order valence-electron chi connectivity index (χ0n) is 7.30. The molecule has 11 heavy (non-hydrogen) atoms. The van der Waals surface area contributed by atoms with Crippen LogP contribution in [0.5, 0.6) is 0 Å². The Morgan fingerprint density at radius 3 is 2.55 bits per heavy atom. The van der Waals surface area contributed by atoms with Crippen molar-refractivity contribution in [3.05, 3.63) is 0 Å². The Morgan fingerprint density at radius 1 is 1.64 bits per heavy atom. The van der Waals surface area contributed by atoms with E-state index in [1.807, 2.05) is 0 Å². The molecule has 0 amide bonds. The third-order valence-electron chi connectivity index (χ3n) is 2.29. The lowest BCUT2D eigenvalue weighted by atomic mass is 10.2. The van der Waals surface area contributed by atoms with Gasteiger partial charge in [-0.3, -0.25) is 4.78 Å². The van der Waals surface area contributed by atoms with E-state index in [4.69, 9.17) is 4.78 Å². The summed E-state index contributed by atoms with van der Waals surface area (Å²) in [7, 11) is -2.20. The van der Waals surface area contributed by atoms with Crippen molar-refractivity contribution in [3.63, 3.8) is 0 Å². The van der Waals surface area contributed by atoms with Crippen LogP contribution >= 0.6 is 0 Å². The maximum atomic E-state index is 11.6. The molecule has 1 aliphatic carbocycles. The molecular weight excluding hydrogens is 158 g/mol. The summed E-state index contributed by atoms with van der Waals surface area (Å²) in [6, 6.07) is 0. The van der Waals surface area contributed by atoms with Gasteiger partial charge >= 0.3 is 0 Å².